The number of amides is 1. The number of para-hydroxylation sites is 1. The van der Waals surface area contributed by atoms with Crippen LogP contribution in [-0.4, -0.2) is 56.5 Å². The lowest BCUT2D eigenvalue weighted by Crippen LogP contribution is -2.30. The Morgan fingerprint density at radius 3 is 2.61 bits per heavy atom. The topological polar surface area (TPSA) is 133 Å². The number of carbonyl (C=O) groups excluding carboxylic acids is 1. The highest BCUT2D eigenvalue weighted by atomic mass is 16.6. The average Bonchev–Trinajstić information content (AvgIpc) is 3.64. The van der Waals surface area contributed by atoms with Gasteiger partial charge in [0.1, 0.15) is 23.9 Å². The van der Waals surface area contributed by atoms with Crippen LogP contribution >= 0.6 is 0 Å². The van der Waals surface area contributed by atoms with Gasteiger partial charge in [0.05, 0.1) is 24.6 Å². The Morgan fingerprint density at radius 1 is 1.05 bits per heavy atom. The summed E-state index contributed by atoms with van der Waals surface area (Å²) in [5, 5.41) is 17.2. The number of benzene rings is 3. The minimum absolute atomic E-state index is 0.0328. The number of likely N-dealkylation sites (tertiary alicyclic amines) is 1. The van der Waals surface area contributed by atoms with Gasteiger partial charge in [-0.25, -0.2) is 9.78 Å². The first-order chi connectivity index (χ1) is 21.3. The van der Waals surface area contributed by atoms with E-state index in [9.17, 15) is 14.7 Å². The summed E-state index contributed by atoms with van der Waals surface area (Å²) in [7, 11) is 0. The molecule has 3 heterocycles. The highest BCUT2D eigenvalue weighted by molar-refractivity contribution is 5.95. The van der Waals surface area contributed by atoms with Gasteiger partial charge in [-0.15, -0.1) is 0 Å². The summed E-state index contributed by atoms with van der Waals surface area (Å²) in [6.45, 7) is 5.63. The fraction of sp³-hybridized carbons (Fsp3) is 0.294. The standard InChI is InChI=1S/C34H35N5O5/c1-21(2)19-44-34(42)38-14-12-26(18-38)39-30-10-9-24(23-8-7-22-11-13-36-33(35)27(22)15-23)16-28(30)29(37-39)20-43-31-6-4-3-5-25(31)17-32(40)41/h3-11,13,15-16,21,26H,12,14,17-20H2,1-2H3,(H2,35,36)(H,40,41)/t26-/m0/s1. The average molecular weight is 594 g/mol. The first-order valence-corrected chi connectivity index (χ1v) is 14.8. The number of carbonyl (C=O) groups is 2. The molecular formula is C34H35N5O5. The molecule has 2 aromatic heterocycles. The zero-order chi connectivity index (χ0) is 30.8. The van der Waals surface area contributed by atoms with Gasteiger partial charge in [0, 0.05) is 35.6 Å². The zero-order valence-electron chi connectivity index (χ0n) is 24.8. The van der Waals surface area contributed by atoms with Crippen molar-refractivity contribution in [2.24, 2.45) is 5.92 Å². The van der Waals surface area contributed by atoms with Gasteiger partial charge >= 0.3 is 12.1 Å². The van der Waals surface area contributed by atoms with E-state index in [0.29, 0.717) is 36.8 Å². The lowest BCUT2D eigenvalue weighted by molar-refractivity contribution is -0.136. The van der Waals surface area contributed by atoms with Gasteiger partial charge in [-0.2, -0.15) is 5.10 Å². The molecule has 1 amide bonds. The SMILES string of the molecule is CC(C)COC(=O)N1CC[C@H](n2nc(COc3ccccc3CC(=O)O)c3cc(-c4ccc5ccnc(N)c5c4)ccc32)C1. The van der Waals surface area contributed by atoms with Crippen molar-refractivity contribution < 1.29 is 24.2 Å². The number of hydrogen-bond acceptors (Lipinski definition) is 7. The third-order valence-corrected chi connectivity index (χ3v) is 7.90. The van der Waals surface area contributed by atoms with Gasteiger partial charge in [-0.05, 0) is 59.2 Å². The van der Waals surface area contributed by atoms with Crippen LogP contribution in [0.5, 0.6) is 5.75 Å². The second kappa shape index (κ2) is 12.2. The molecule has 44 heavy (non-hydrogen) atoms. The largest absolute Gasteiger partial charge is 0.487 e. The molecule has 1 atom stereocenters. The molecule has 10 nitrogen and oxygen atoms in total. The molecule has 0 radical (unpaired) electrons. The molecule has 0 aliphatic carbocycles. The van der Waals surface area contributed by atoms with E-state index in [2.05, 4.69) is 29.2 Å². The number of pyridine rings is 1. The highest BCUT2D eigenvalue weighted by Crippen LogP contribution is 2.34. The third-order valence-electron chi connectivity index (χ3n) is 7.90. The Labute approximate surface area is 255 Å². The Bertz CT molecular complexity index is 1850. The molecule has 6 rings (SSSR count). The molecule has 1 saturated heterocycles. The van der Waals surface area contributed by atoms with E-state index in [0.717, 1.165) is 44.9 Å². The molecule has 226 valence electrons. The molecule has 0 bridgehead atoms. The minimum atomic E-state index is -0.927. The van der Waals surface area contributed by atoms with Crippen LogP contribution in [0.2, 0.25) is 0 Å². The number of ether oxygens (including phenoxy) is 2. The van der Waals surface area contributed by atoms with Gasteiger partial charge in [-0.1, -0.05) is 50.2 Å². The molecule has 10 heteroatoms. The number of hydrogen-bond donors (Lipinski definition) is 2. The van der Waals surface area contributed by atoms with Crippen LogP contribution in [0, 0.1) is 5.92 Å². The van der Waals surface area contributed by atoms with Crippen molar-refractivity contribution in [3.05, 3.63) is 84.2 Å². The molecular weight excluding hydrogens is 558 g/mol. The first-order valence-electron chi connectivity index (χ1n) is 14.8. The fourth-order valence-corrected chi connectivity index (χ4v) is 5.68. The lowest BCUT2D eigenvalue weighted by Gasteiger charge is -2.17. The van der Waals surface area contributed by atoms with Crippen LogP contribution in [-0.2, 0) is 22.6 Å². The van der Waals surface area contributed by atoms with E-state index < -0.39 is 5.97 Å². The number of fused-ring (bicyclic) bond motifs is 2. The van der Waals surface area contributed by atoms with Crippen LogP contribution in [0.1, 0.15) is 37.6 Å². The van der Waals surface area contributed by atoms with Crippen LogP contribution < -0.4 is 10.5 Å². The normalized spacial score (nSPS) is 14.9. The van der Waals surface area contributed by atoms with E-state index in [1.165, 1.54) is 0 Å². The molecule has 3 aromatic carbocycles. The maximum Gasteiger partial charge on any atom is 0.409 e. The first kappa shape index (κ1) is 29.0. The molecule has 1 fully saturated rings. The minimum Gasteiger partial charge on any atom is -0.487 e. The molecule has 0 spiro atoms. The van der Waals surface area contributed by atoms with Gasteiger partial charge in [0.2, 0.25) is 0 Å². The van der Waals surface area contributed by atoms with Gasteiger partial charge in [0.15, 0.2) is 0 Å². The van der Waals surface area contributed by atoms with E-state index in [1.54, 1.807) is 29.3 Å². The predicted molar refractivity (Wildman–Crippen MR) is 168 cm³/mol. The molecule has 1 aliphatic rings. The summed E-state index contributed by atoms with van der Waals surface area (Å²) in [4.78, 5) is 30.1. The quantitative estimate of drug-likeness (QED) is 0.210. The number of nitrogens with zero attached hydrogens (tertiary/aromatic N) is 4. The summed E-state index contributed by atoms with van der Waals surface area (Å²) in [6, 6.07) is 21.4. The molecule has 5 aromatic rings. The second-order valence-corrected chi connectivity index (χ2v) is 11.6. The number of nitrogen functional groups attached to an aromatic ring is 1. The van der Waals surface area contributed by atoms with Crippen molar-refractivity contribution in [1.29, 1.82) is 0 Å². The van der Waals surface area contributed by atoms with Gasteiger partial charge in [-0.3, -0.25) is 9.48 Å². The van der Waals surface area contributed by atoms with Crippen LogP contribution in [0.4, 0.5) is 10.6 Å². The van der Waals surface area contributed by atoms with Crippen molar-refractivity contribution in [2.75, 3.05) is 25.4 Å². The predicted octanol–water partition coefficient (Wildman–Crippen LogP) is 6.08. The molecule has 0 saturated carbocycles. The van der Waals surface area contributed by atoms with Crippen molar-refractivity contribution >= 4 is 39.6 Å². The van der Waals surface area contributed by atoms with Gasteiger partial charge < -0.3 is 25.2 Å². The van der Waals surface area contributed by atoms with Crippen LogP contribution in [0.15, 0.2) is 72.9 Å². The Morgan fingerprint density at radius 2 is 1.82 bits per heavy atom. The number of anilines is 1. The number of carboxylic acid groups (broad SMARTS) is 1. The number of rotatable bonds is 9. The van der Waals surface area contributed by atoms with Gasteiger partial charge in [0.25, 0.3) is 0 Å². The van der Waals surface area contributed by atoms with Crippen molar-refractivity contribution in [1.82, 2.24) is 19.7 Å². The van der Waals surface area contributed by atoms with E-state index in [1.807, 2.05) is 42.8 Å². The zero-order valence-corrected chi connectivity index (χ0v) is 24.8. The summed E-state index contributed by atoms with van der Waals surface area (Å²) in [5.41, 5.74) is 10.4. The molecule has 1 aliphatic heterocycles. The number of carboxylic acids is 1. The highest BCUT2D eigenvalue weighted by Gasteiger charge is 2.31. The molecule has 3 N–H and O–H groups in total. The summed E-state index contributed by atoms with van der Waals surface area (Å²) in [5.74, 6) is 0.320. The van der Waals surface area contributed by atoms with Crippen LogP contribution in [0.25, 0.3) is 32.8 Å². The second-order valence-electron chi connectivity index (χ2n) is 11.6. The Hall–Kier alpha value is -5.12. The molecule has 0 unspecified atom stereocenters. The summed E-state index contributed by atoms with van der Waals surface area (Å²) in [6.07, 6.45) is 2.00. The number of aromatic nitrogens is 3. The van der Waals surface area contributed by atoms with E-state index in [-0.39, 0.29) is 31.1 Å². The Balaban J connectivity index is 1.35. The maximum atomic E-state index is 12.7. The van der Waals surface area contributed by atoms with Crippen molar-refractivity contribution in [3.8, 4) is 16.9 Å². The Kier molecular flexibility index (Phi) is 8.06. The summed E-state index contributed by atoms with van der Waals surface area (Å²) < 4.78 is 13.7. The number of nitrogens with two attached hydrogens (primary N) is 1. The van der Waals surface area contributed by atoms with Crippen molar-refractivity contribution in [2.45, 2.75) is 39.3 Å². The van der Waals surface area contributed by atoms with Crippen molar-refractivity contribution in [3.63, 3.8) is 0 Å². The monoisotopic (exact) mass is 593 g/mol. The number of aliphatic carboxylic acids is 1. The summed E-state index contributed by atoms with van der Waals surface area (Å²) >= 11 is 0. The maximum absolute atomic E-state index is 12.7. The smallest absolute Gasteiger partial charge is 0.409 e. The van der Waals surface area contributed by atoms with E-state index in [4.69, 9.17) is 20.3 Å². The lowest BCUT2D eigenvalue weighted by atomic mass is 10.00. The fourth-order valence-electron chi connectivity index (χ4n) is 5.68. The third kappa shape index (κ3) is 6.01. The van der Waals surface area contributed by atoms with Crippen LogP contribution in [0.3, 0.4) is 0 Å². The van der Waals surface area contributed by atoms with E-state index >= 15 is 0 Å².